The van der Waals surface area contributed by atoms with Gasteiger partial charge in [0.15, 0.2) is 5.82 Å². The smallest absolute Gasteiger partial charge is 0.412 e. The lowest BCUT2D eigenvalue weighted by Crippen LogP contribution is -2.50. The predicted molar refractivity (Wildman–Crippen MR) is 100.0 cm³/mol. The molecule has 26 heavy (non-hydrogen) atoms. The number of hydrogen-bond acceptors (Lipinski definition) is 6. The lowest BCUT2D eigenvalue weighted by molar-refractivity contribution is -0.0190. The highest BCUT2D eigenvalue weighted by molar-refractivity contribution is 7.13. The predicted octanol–water partition coefficient (Wildman–Crippen LogP) is 3.72. The van der Waals surface area contributed by atoms with E-state index in [4.69, 9.17) is 10.00 Å². The molecule has 2 bridgehead atoms. The number of nitrogens with zero attached hydrogens (tertiary/aromatic N) is 3. The summed E-state index contributed by atoms with van der Waals surface area (Å²) in [4.78, 5) is 19.8. The first-order valence-corrected chi connectivity index (χ1v) is 9.66. The topological polar surface area (TPSA) is 78.2 Å². The fourth-order valence-electron chi connectivity index (χ4n) is 3.73. The Morgan fingerprint density at radius 2 is 2.12 bits per heavy atom. The first kappa shape index (κ1) is 17.0. The van der Waals surface area contributed by atoms with Gasteiger partial charge >= 0.3 is 6.09 Å². The van der Waals surface area contributed by atoms with Crippen molar-refractivity contribution in [1.29, 1.82) is 5.26 Å². The molecule has 5 rings (SSSR count). The molecule has 7 heteroatoms. The van der Waals surface area contributed by atoms with Crippen LogP contribution in [-0.4, -0.2) is 42.2 Å². The highest BCUT2D eigenvalue weighted by Crippen LogP contribution is 2.40. The molecule has 1 aromatic heterocycles. The average molecular weight is 368 g/mol. The summed E-state index contributed by atoms with van der Waals surface area (Å²) in [6.07, 6.45) is 2.84. The maximum Gasteiger partial charge on any atom is 0.412 e. The number of rotatable bonds is 4. The van der Waals surface area contributed by atoms with Gasteiger partial charge in [0.05, 0.1) is 28.6 Å². The van der Waals surface area contributed by atoms with Crippen molar-refractivity contribution in [2.45, 2.75) is 19.3 Å². The molecule has 0 atom stereocenters. The number of benzene rings is 1. The lowest BCUT2D eigenvalue weighted by atomic mass is 9.73. The Kier molecular flexibility index (Phi) is 4.62. The van der Waals surface area contributed by atoms with E-state index < -0.39 is 6.09 Å². The molecule has 3 saturated heterocycles. The van der Waals surface area contributed by atoms with Gasteiger partial charge in [0.25, 0.3) is 0 Å². The van der Waals surface area contributed by atoms with Crippen LogP contribution in [0.5, 0.6) is 0 Å². The zero-order chi connectivity index (χ0) is 18.0. The van der Waals surface area contributed by atoms with Crippen molar-refractivity contribution in [2.24, 2.45) is 5.41 Å². The number of nitrogens with one attached hydrogen (secondary N) is 1. The van der Waals surface area contributed by atoms with E-state index in [-0.39, 0.29) is 5.41 Å². The SMILES string of the molecule is N#Cc1cccc(-c2scnc2NC(=O)OCC23CCN(CC2)CC3)c1. The van der Waals surface area contributed by atoms with Crippen molar-refractivity contribution in [3.05, 3.63) is 35.3 Å². The van der Waals surface area contributed by atoms with Crippen molar-refractivity contribution < 1.29 is 9.53 Å². The highest BCUT2D eigenvalue weighted by atomic mass is 32.1. The molecule has 1 aromatic carbocycles. The summed E-state index contributed by atoms with van der Waals surface area (Å²) in [7, 11) is 0. The van der Waals surface area contributed by atoms with Gasteiger partial charge in [-0.05, 0) is 56.6 Å². The molecular formula is C19H20N4O2S. The van der Waals surface area contributed by atoms with Crippen LogP contribution in [0.1, 0.15) is 24.8 Å². The largest absolute Gasteiger partial charge is 0.449 e. The zero-order valence-corrected chi connectivity index (χ0v) is 15.2. The Bertz CT molecular complexity index is 835. The molecule has 0 spiro atoms. The normalized spacial score (nSPS) is 24.0. The molecule has 3 aliphatic heterocycles. The van der Waals surface area contributed by atoms with Crippen LogP contribution in [0.25, 0.3) is 10.4 Å². The van der Waals surface area contributed by atoms with E-state index >= 15 is 0 Å². The van der Waals surface area contributed by atoms with Gasteiger partial charge in [0.1, 0.15) is 0 Å². The van der Waals surface area contributed by atoms with Crippen molar-refractivity contribution >= 4 is 23.2 Å². The zero-order valence-electron chi connectivity index (χ0n) is 14.4. The number of anilines is 1. The van der Waals surface area contributed by atoms with Crippen LogP contribution in [0.3, 0.4) is 0 Å². The van der Waals surface area contributed by atoms with Gasteiger partial charge in [-0.1, -0.05) is 12.1 Å². The average Bonchev–Trinajstić information content (AvgIpc) is 3.16. The quantitative estimate of drug-likeness (QED) is 0.890. The second-order valence-electron chi connectivity index (χ2n) is 7.02. The summed E-state index contributed by atoms with van der Waals surface area (Å²) < 4.78 is 5.55. The maximum absolute atomic E-state index is 12.3. The number of carbonyl (C=O) groups excluding carboxylic acids is 1. The number of aromatic nitrogens is 1. The van der Waals surface area contributed by atoms with Gasteiger partial charge in [-0.3, -0.25) is 5.32 Å². The van der Waals surface area contributed by atoms with Crippen LogP contribution in [0.15, 0.2) is 29.8 Å². The van der Waals surface area contributed by atoms with E-state index in [1.54, 1.807) is 17.6 Å². The summed E-state index contributed by atoms with van der Waals surface area (Å²) in [5.74, 6) is 0.478. The van der Waals surface area contributed by atoms with Crippen molar-refractivity contribution in [3.63, 3.8) is 0 Å². The van der Waals surface area contributed by atoms with E-state index in [2.05, 4.69) is 21.3 Å². The van der Waals surface area contributed by atoms with Gasteiger partial charge in [-0.2, -0.15) is 5.26 Å². The summed E-state index contributed by atoms with van der Waals surface area (Å²) in [5.41, 5.74) is 3.27. The molecule has 2 aromatic rings. The molecular weight excluding hydrogens is 348 g/mol. The van der Waals surface area contributed by atoms with Crippen molar-refractivity contribution in [1.82, 2.24) is 9.88 Å². The van der Waals surface area contributed by atoms with Crippen LogP contribution in [0, 0.1) is 16.7 Å². The van der Waals surface area contributed by atoms with Crippen LogP contribution in [0.2, 0.25) is 0 Å². The van der Waals surface area contributed by atoms with Gasteiger partial charge in [0.2, 0.25) is 0 Å². The van der Waals surface area contributed by atoms with Crippen LogP contribution in [-0.2, 0) is 4.74 Å². The number of thiazole rings is 1. The number of fused-ring (bicyclic) bond motifs is 3. The number of amides is 1. The molecule has 6 nitrogen and oxygen atoms in total. The van der Waals surface area contributed by atoms with Gasteiger partial charge in [-0.25, -0.2) is 9.78 Å². The summed E-state index contributed by atoms with van der Waals surface area (Å²) in [6, 6.07) is 9.40. The standard InChI is InChI=1S/C19H20N4O2S/c20-11-14-2-1-3-15(10-14)16-17(21-13-26-16)22-18(24)25-12-19-4-7-23(8-5-19)9-6-19/h1-3,10,13H,4-9,12H2,(H,22,24). The second-order valence-corrected chi connectivity index (χ2v) is 7.87. The number of nitriles is 1. The maximum atomic E-state index is 12.3. The molecule has 1 N–H and O–H groups in total. The number of piperidine rings is 3. The minimum Gasteiger partial charge on any atom is -0.449 e. The van der Waals surface area contributed by atoms with Crippen LogP contribution >= 0.6 is 11.3 Å². The third-order valence-electron chi connectivity index (χ3n) is 5.43. The number of hydrogen-bond donors (Lipinski definition) is 1. The minimum atomic E-state index is -0.462. The summed E-state index contributed by atoms with van der Waals surface area (Å²) in [5, 5.41) is 11.8. The molecule has 0 aliphatic carbocycles. The molecule has 1 amide bonds. The number of carbonyl (C=O) groups is 1. The Labute approximate surface area is 156 Å². The molecule has 134 valence electrons. The Morgan fingerprint density at radius 1 is 1.35 bits per heavy atom. The van der Waals surface area contributed by atoms with Crippen LogP contribution < -0.4 is 5.32 Å². The Balaban J connectivity index is 1.41. The van der Waals surface area contributed by atoms with Crippen molar-refractivity contribution in [2.75, 3.05) is 31.6 Å². The monoisotopic (exact) mass is 368 g/mol. The fraction of sp³-hybridized carbons (Fsp3) is 0.421. The Hall–Kier alpha value is -2.43. The molecule has 0 saturated carbocycles. The third-order valence-corrected chi connectivity index (χ3v) is 6.30. The first-order valence-electron chi connectivity index (χ1n) is 8.78. The number of ether oxygens (including phenoxy) is 1. The minimum absolute atomic E-state index is 0.151. The fourth-order valence-corrected chi connectivity index (χ4v) is 4.48. The van der Waals surface area contributed by atoms with E-state index in [0.717, 1.165) is 49.3 Å². The second kappa shape index (κ2) is 7.06. The van der Waals surface area contributed by atoms with Gasteiger partial charge in [0, 0.05) is 5.41 Å². The molecule has 0 unspecified atom stereocenters. The van der Waals surface area contributed by atoms with E-state index in [9.17, 15) is 4.79 Å². The van der Waals surface area contributed by atoms with E-state index in [0.29, 0.717) is 18.0 Å². The lowest BCUT2D eigenvalue weighted by Gasteiger charge is -2.47. The molecule has 3 fully saturated rings. The third kappa shape index (κ3) is 3.43. The van der Waals surface area contributed by atoms with E-state index in [1.165, 1.54) is 11.3 Å². The first-order chi connectivity index (χ1) is 12.7. The molecule has 3 aliphatic rings. The van der Waals surface area contributed by atoms with Crippen molar-refractivity contribution in [3.8, 4) is 16.5 Å². The summed E-state index contributed by atoms with van der Waals surface area (Å²) >= 11 is 1.42. The molecule has 0 radical (unpaired) electrons. The van der Waals surface area contributed by atoms with Gasteiger partial charge in [-0.15, -0.1) is 11.3 Å². The Morgan fingerprint density at radius 3 is 2.85 bits per heavy atom. The highest BCUT2D eigenvalue weighted by Gasteiger charge is 2.40. The van der Waals surface area contributed by atoms with Crippen LogP contribution in [0.4, 0.5) is 10.6 Å². The van der Waals surface area contributed by atoms with Gasteiger partial charge < -0.3 is 9.64 Å². The summed E-state index contributed by atoms with van der Waals surface area (Å²) in [6.45, 7) is 3.79. The molecule has 4 heterocycles. The van der Waals surface area contributed by atoms with E-state index in [1.807, 2.05) is 12.1 Å².